The summed E-state index contributed by atoms with van der Waals surface area (Å²) >= 11 is 0. The third-order valence-corrected chi connectivity index (χ3v) is 3.80. The summed E-state index contributed by atoms with van der Waals surface area (Å²) in [5.74, 6) is 1.23. The summed E-state index contributed by atoms with van der Waals surface area (Å²) in [7, 11) is 0. The van der Waals surface area contributed by atoms with Gasteiger partial charge in [0.1, 0.15) is 24.2 Å². The third kappa shape index (κ3) is 4.61. The average Bonchev–Trinajstić information content (AvgIpc) is 2.89. The molecule has 0 bridgehead atoms. The van der Waals surface area contributed by atoms with Crippen LogP contribution < -0.4 is 9.47 Å². The smallest absolute Gasteiger partial charge is 0.166 e. The van der Waals surface area contributed by atoms with Crippen molar-refractivity contribution in [3.63, 3.8) is 0 Å². The lowest BCUT2D eigenvalue weighted by atomic mass is 10.2. The Morgan fingerprint density at radius 2 is 1.90 bits per heavy atom. The summed E-state index contributed by atoms with van der Waals surface area (Å²) in [6.07, 6.45) is 2.05. The van der Waals surface area contributed by atoms with Gasteiger partial charge in [0.2, 0.25) is 0 Å². The van der Waals surface area contributed by atoms with Gasteiger partial charge in [-0.2, -0.15) is 0 Å². The zero-order valence-corrected chi connectivity index (χ0v) is 13.4. The van der Waals surface area contributed by atoms with Crippen LogP contribution in [0.5, 0.6) is 11.5 Å². The lowest BCUT2D eigenvalue weighted by Gasteiger charge is -2.21. The highest BCUT2D eigenvalue weighted by molar-refractivity contribution is 5.31. The van der Waals surface area contributed by atoms with Gasteiger partial charge in [0.05, 0.1) is 12.7 Å². The maximum absolute atomic E-state index is 5.84. The maximum Gasteiger partial charge on any atom is 0.166 e. The van der Waals surface area contributed by atoms with Crippen LogP contribution in [0.25, 0.3) is 0 Å². The standard InChI is InChI=1S/C17H26O4/c1-5-13(3)20-15-9-7-14(8-10-15)18-11-16-12-19-17(4,6-2)21-16/h7-10,13,16H,5-6,11-12H2,1-4H3. The molecule has 0 radical (unpaired) electrons. The van der Waals surface area contributed by atoms with Crippen LogP contribution in [0.2, 0.25) is 0 Å². The lowest BCUT2D eigenvalue weighted by Crippen LogP contribution is -2.27. The van der Waals surface area contributed by atoms with Crippen molar-refractivity contribution in [1.82, 2.24) is 0 Å². The summed E-state index contributed by atoms with van der Waals surface area (Å²) in [6, 6.07) is 7.71. The molecular weight excluding hydrogens is 268 g/mol. The highest BCUT2D eigenvalue weighted by Crippen LogP contribution is 2.27. The zero-order valence-electron chi connectivity index (χ0n) is 13.4. The van der Waals surface area contributed by atoms with Gasteiger partial charge in [-0.05, 0) is 51.0 Å². The number of hydrogen-bond donors (Lipinski definition) is 0. The molecule has 3 unspecified atom stereocenters. The SMILES string of the molecule is CCC(C)Oc1ccc(OCC2COC(C)(CC)O2)cc1. The Morgan fingerprint density at radius 1 is 1.24 bits per heavy atom. The second kappa shape index (κ2) is 7.14. The van der Waals surface area contributed by atoms with E-state index in [0.717, 1.165) is 24.3 Å². The van der Waals surface area contributed by atoms with Gasteiger partial charge in [-0.25, -0.2) is 0 Å². The molecule has 2 rings (SSSR count). The second-order valence-corrected chi connectivity index (χ2v) is 5.66. The summed E-state index contributed by atoms with van der Waals surface area (Å²) < 4.78 is 23.0. The highest BCUT2D eigenvalue weighted by Gasteiger charge is 2.35. The molecular formula is C17H26O4. The molecule has 1 aromatic rings. The normalized spacial score (nSPS) is 26.6. The highest BCUT2D eigenvalue weighted by atomic mass is 16.7. The van der Waals surface area contributed by atoms with E-state index >= 15 is 0 Å². The van der Waals surface area contributed by atoms with Crippen molar-refractivity contribution < 1.29 is 18.9 Å². The van der Waals surface area contributed by atoms with Gasteiger partial charge in [-0.3, -0.25) is 0 Å². The molecule has 0 N–H and O–H groups in total. The topological polar surface area (TPSA) is 36.9 Å². The third-order valence-electron chi connectivity index (χ3n) is 3.80. The Labute approximate surface area is 127 Å². The number of hydrogen-bond acceptors (Lipinski definition) is 4. The molecule has 1 aliphatic rings. The van der Waals surface area contributed by atoms with Crippen LogP contribution >= 0.6 is 0 Å². The van der Waals surface area contributed by atoms with Crippen molar-refractivity contribution in [2.75, 3.05) is 13.2 Å². The molecule has 4 nitrogen and oxygen atoms in total. The van der Waals surface area contributed by atoms with E-state index in [1.807, 2.05) is 31.2 Å². The first-order chi connectivity index (χ1) is 10.0. The van der Waals surface area contributed by atoms with E-state index in [1.54, 1.807) is 0 Å². The van der Waals surface area contributed by atoms with Gasteiger partial charge in [0.25, 0.3) is 0 Å². The van der Waals surface area contributed by atoms with Gasteiger partial charge < -0.3 is 18.9 Å². The van der Waals surface area contributed by atoms with Crippen molar-refractivity contribution in [2.45, 2.75) is 58.5 Å². The summed E-state index contributed by atoms with van der Waals surface area (Å²) in [5, 5.41) is 0. The summed E-state index contributed by atoms with van der Waals surface area (Å²) in [4.78, 5) is 0. The minimum absolute atomic E-state index is 0.00834. The molecule has 118 valence electrons. The van der Waals surface area contributed by atoms with Gasteiger partial charge in [0, 0.05) is 0 Å². The zero-order chi connectivity index (χ0) is 15.3. The monoisotopic (exact) mass is 294 g/mol. The van der Waals surface area contributed by atoms with E-state index < -0.39 is 5.79 Å². The van der Waals surface area contributed by atoms with E-state index in [-0.39, 0.29) is 12.2 Å². The van der Waals surface area contributed by atoms with E-state index in [2.05, 4.69) is 20.8 Å². The number of benzene rings is 1. The minimum atomic E-state index is -0.456. The molecule has 0 aromatic heterocycles. The Morgan fingerprint density at radius 3 is 2.48 bits per heavy atom. The van der Waals surface area contributed by atoms with Crippen molar-refractivity contribution in [2.24, 2.45) is 0 Å². The predicted octanol–water partition coefficient (Wildman–Crippen LogP) is 3.78. The van der Waals surface area contributed by atoms with Crippen molar-refractivity contribution in [3.8, 4) is 11.5 Å². The van der Waals surface area contributed by atoms with Gasteiger partial charge >= 0.3 is 0 Å². The van der Waals surface area contributed by atoms with E-state index in [9.17, 15) is 0 Å². The molecule has 1 fully saturated rings. The Kier molecular flexibility index (Phi) is 5.48. The summed E-state index contributed by atoms with van der Waals surface area (Å²) in [6.45, 7) is 9.27. The van der Waals surface area contributed by atoms with Crippen molar-refractivity contribution in [3.05, 3.63) is 24.3 Å². The molecule has 1 aromatic carbocycles. The first-order valence-electron chi connectivity index (χ1n) is 7.76. The van der Waals surface area contributed by atoms with Gasteiger partial charge in [-0.15, -0.1) is 0 Å². The fraction of sp³-hybridized carbons (Fsp3) is 0.647. The van der Waals surface area contributed by atoms with Crippen molar-refractivity contribution in [1.29, 1.82) is 0 Å². The average molecular weight is 294 g/mol. The largest absolute Gasteiger partial charge is 0.491 e. The van der Waals surface area contributed by atoms with Crippen LogP contribution in [-0.4, -0.2) is 31.2 Å². The molecule has 1 heterocycles. The second-order valence-electron chi connectivity index (χ2n) is 5.66. The van der Waals surface area contributed by atoms with E-state index in [1.165, 1.54) is 0 Å². The predicted molar refractivity (Wildman–Crippen MR) is 81.8 cm³/mol. The van der Waals surface area contributed by atoms with Gasteiger partial charge in [-0.1, -0.05) is 13.8 Å². The first-order valence-corrected chi connectivity index (χ1v) is 7.76. The fourth-order valence-corrected chi connectivity index (χ4v) is 2.08. The lowest BCUT2D eigenvalue weighted by molar-refractivity contribution is -0.157. The quantitative estimate of drug-likeness (QED) is 0.767. The van der Waals surface area contributed by atoms with Crippen LogP contribution in [0.15, 0.2) is 24.3 Å². The minimum Gasteiger partial charge on any atom is -0.491 e. The van der Waals surface area contributed by atoms with Crippen LogP contribution in [-0.2, 0) is 9.47 Å². The van der Waals surface area contributed by atoms with Crippen LogP contribution in [0, 0.1) is 0 Å². The molecule has 1 saturated heterocycles. The Balaban J connectivity index is 1.79. The Bertz CT molecular complexity index is 431. The summed E-state index contributed by atoms with van der Waals surface area (Å²) in [5.41, 5.74) is 0. The van der Waals surface area contributed by atoms with Gasteiger partial charge in [0.15, 0.2) is 5.79 Å². The molecule has 3 atom stereocenters. The van der Waals surface area contributed by atoms with E-state index in [0.29, 0.717) is 13.2 Å². The number of rotatable bonds is 7. The van der Waals surface area contributed by atoms with Crippen molar-refractivity contribution >= 4 is 0 Å². The molecule has 21 heavy (non-hydrogen) atoms. The maximum atomic E-state index is 5.84. The van der Waals surface area contributed by atoms with Crippen LogP contribution in [0.3, 0.4) is 0 Å². The molecule has 0 spiro atoms. The molecule has 1 aliphatic heterocycles. The Hall–Kier alpha value is -1.26. The molecule has 0 amide bonds. The number of ether oxygens (including phenoxy) is 4. The fourth-order valence-electron chi connectivity index (χ4n) is 2.08. The van der Waals surface area contributed by atoms with Crippen LogP contribution in [0.1, 0.15) is 40.5 Å². The molecule has 0 saturated carbocycles. The molecule has 0 aliphatic carbocycles. The van der Waals surface area contributed by atoms with Crippen LogP contribution in [0.4, 0.5) is 0 Å². The molecule has 4 heteroatoms. The van der Waals surface area contributed by atoms with E-state index in [4.69, 9.17) is 18.9 Å². The first kappa shape index (κ1) is 16.1.